The first kappa shape index (κ1) is 48.2. The Balaban J connectivity index is 0.738. The Morgan fingerprint density at radius 1 is 0.864 bits per heavy atom. The van der Waals surface area contributed by atoms with Gasteiger partial charge in [0.1, 0.15) is 36.3 Å². The molecule has 3 aliphatic heterocycles. The van der Waals surface area contributed by atoms with Gasteiger partial charge < -0.3 is 54.0 Å². The highest BCUT2D eigenvalue weighted by molar-refractivity contribution is 7.70. The summed E-state index contributed by atoms with van der Waals surface area (Å²) in [6.07, 6.45) is 3.83. The number of halogens is 1. The Labute approximate surface area is 388 Å². The zero-order chi connectivity index (χ0) is 46.6. The van der Waals surface area contributed by atoms with Crippen LogP contribution in [0.5, 0.6) is 11.5 Å². The van der Waals surface area contributed by atoms with Crippen molar-refractivity contribution in [2.45, 2.75) is 50.7 Å². The maximum atomic E-state index is 13.0. The number of ether oxygens (including phenoxy) is 5. The van der Waals surface area contributed by atoms with Crippen molar-refractivity contribution in [2.75, 3.05) is 95.3 Å². The number of methoxy groups -OCH3 is 1. The van der Waals surface area contributed by atoms with Crippen LogP contribution in [-0.2, 0) is 39.7 Å². The molecule has 7 rings (SSSR count). The van der Waals surface area contributed by atoms with Crippen LogP contribution in [0.3, 0.4) is 0 Å². The molecule has 4 N–H and O–H groups in total. The van der Waals surface area contributed by atoms with Crippen molar-refractivity contribution in [1.82, 2.24) is 25.5 Å². The van der Waals surface area contributed by atoms with Gasteiger partial charge in [-0.25, -0.2) is 4.98 Å². The predicted molar refractivity (Wildman–Crippen MR) is 251 cm³/mol. The standard InChI is InChI=1S/C46H56ClN8O10P/c1-61-39-27-31(11-12-35(39)51-46-48-28-34(47)43(53-46)50-36-8-4-5-10-40(36)66(2,3)60)54-18-15-30(16-19-54)49-42(57)17-20-62-21-22-63-23-24-64-25-26-65-38-9-6-7-32-33(38)29-55(45(32)59)37-13-14-41(56)52-44(37)58/h4-12,27-28,30,37H,13-26,29H2,1-3H3,(H,49,57)(H,52,56,58)(H2,48,50,51,53). The fourth-order valence-corrected chi connectivity index (χ4v) is 9.28. The van der Waals surface area contributed by atoms with Crippen molar-refractivity contribution >= 4 is 76.5 Å². The van der Waals surface area contributed by atoms with Crippen LogP contribution in [0.1, 0.15) is 48.0 Å². The highest BCUT2D eigenvalue weighted by atomic mass is 35.5. The second-order valence-corrected chi connectivity index (χ2v) is 19.9. The van der Waals surface area contributed by atoms with E-state index in [9.17, 15) is 23.7 Å². The summed E-state index contributed by atoms with van der Waals surface area (Å²) in [6, 6.07) is 17.9. The number of rotatable bonds is 22. The molecule has 4 heterocycles. The number of piperidine rings is 2. The molecule has 20 heteroatoms. The van der Waals surface area contributed by atoms with Crippen molar-refractivity contribution in [2.24, 2.45) is 0 Å². The molecule has 0 bridgehead atoms. The zero-order valence-electron chi connectivity index (χ0n) is 37.3. The first-order valence-corrected chi connectivity index (χ1v) is 24.9. The molecule has 0 radical (unpaired) electrons. The van der Waals surface area contributed by atoms with E-state index < -0.39 is 19.1 Å². The summed E-state index contributed by atoms with van der Waals surface area (Å²) < 4.78 is 41.4. The molecule has 1 unspecified atom stereocenters. The van der Waals surface area contributed by atoms with Gasteiger partial charge in [-0.3, -0.25) is 24.5 Å². The number of nitrogens with one attached hydrogen (secondary N) is 4. The summed E-state index contributed by atoms with van der Waals surface area (Å²) in [6.45, 7) is 7.49. The molecule has 0 aliphatic carbocycles. The summed E-state index contributed by atoms with van der Waals surface area (Å²) in [4.78, 5) is 62.3. The predicted octanol–water partition coefficient (Wildman–Crippen LogP) is 5.24. The third kappa shape index (κ3) is 12.6. The van der Waals surface area contributed by atoms with Gasteiger partial charge in [0, 0.05) is 60.2 Å². The fraction of sp³-hybridized carbons (Fsp3) is 0.435. The van der Waals surface area contributed by atoms with Crippen molar-refractivity contribution in [3.05, 3.63) is 83.0 Å². The van der Waals surface area contributed by atoms with Gasteiger partial charge in [0.15, 0.2) is 5.82 Å². The molecular formula is C46H56ClN8O10P. The van der Waals surface area contributed by atoms with E-state index in [1.165, 1.54) is 11.1 Å². The van der Waals surface area contributed by atoms with Gasteiger partial charge in [0.05, 0.1) is 70.9 Å². The van der Waals surface area contributed by atoms with Gasteiger partial charge in [0.25, 0.3) is 5.91 Å². The SMILES string of the molecule is COc1cc(N2CCC(NC(=O)CCOCCOCCOCCOc3cccc4c3CN(C3CCC(=O)NC3=O)C4=O)CC2)ccc1Nc1ncc(Cl)c(Nc2ccccc2P(C)(C)=O)n1. The molecule has 4 amide bonds. The molecule has 18 nitrogen and oxygen atoms in total. The van der Waals surface area contributed by atoms with Crippen LogP contribution in [0.25, 0.3) is 0 Å². The zero-order valence-corrected chi connectivity index (χ0v) is 39.0. The van der Waals surface area contributed by atoms with Crippen LogP contribution in [0, 0.1) is 0 Å². The lowest BCUT2D eigenvalue weighted by Gasteiger charge is -2.34. The highest BCUT2D eigenvalue weighted by Crippen LogP contribution is 2.39. The van der Waals surface area contributed by atoms with Crippen LogP contribution in [0.15, 0.2) is 66.9 Å². The minimum absolute atomic E-state index is 0.0523. The summed E-state index contributed by atoms with van der Waals surface area (Å²) in [7, 11) is -0.962. The first-order chi connectivity index (χ1) is 31.9. The fourth-order valence-electron chi connectivity index (χ4n) is 7.98. The molecule has 1 aromatic heterocycles. The number of hydrogen-bond acceptors (Lipinski definition) is 15. The maximum Gasteiger partial charge on any atom is 0.255 e. The van der Waals surface area contributed by atoms with Gasteiger partial charge in [-0.15, -0.1) is 0 Å². The van der Waals surface area contributed by atoms with Crippen LogP contribution in [0.4, 0.5) is 28.8 Å². The number of amides is 4. The van der Waals surface area contributed by atoms with Crippen LogP contribution < -0.4 is 40.9 Å². The lowest BCUT2D eigenvalue weighted by molar-refractivity contribution is -0.137. The van der Waals surface area contributed by atoms with Gasteiger partial charge >= 0.3 is 0 Å². The first-order valence-electron chi connectivity index (χ1n) is 21.9. The largest absolute Gasteiger partial charge is 0.494 e. The van der Waals surface area contributed by atoms with E-state index in [1.54, 1.807) is 38.6 Å². The number of aromatic nitrogens is 2. The summed E-state index contributed by atoms with van der Waals surface area (Å²) in [5.74, 6) is 0.761. The third-order valence-corrected chi connectivity index (χ3v) is 13.2. The van der Waals surface area contributed by atoms with Crippen LogP contribution >= 0.6 is 18.7 Å². The average molecular weight is 947 g/mol. The van der Waals surface area contributed by atoms with E-state index in [0.29, 0.717) is 95.5 Å². The number of anilines is 5. The lowest BCUT2D eigenvalue weighted by atomic mass is 10.0. The minimum atomic E-state index is -2.57. The van der Waals surface area contributed by atoms with Crippen molar-refractivity contribution in [3.63, 3.8) is 0 Å². The minimum Gasteiger partial charge on any atom is -0.494 e. The Morgan fingerprint density at radius 3 is 2.32 bits per heavy atom. The van der Waals surface area contributed by atoms with E-state index >= 15 is 0 Å². The summed E-state index contributed by atoms with van der Waals surface area (Å²) in [5, 5.41) is 12.9. The van der Waals surface area contributed by atoms with Crippen molar-refractivity contribution < 1.29 is 47.4 Å². The molecule has 0 spiro atoms. The second kappa shape index (κ2) is 22.6. The average Bonchev–Trinajstić information content (AvgIpc) is 3.64. The molecule has 3 aromatic carbocycles. The topological polar surface area (TPSA) is 212 Å². The van der Waals surface area contributed by atoms with Crippen LogP contribution in [-0.4, -0.2) is 130 Å². The Morgan fingerprint density at radius 2 is 1.59 bits per heavy atom. The number of carbonyl (C=O) groups excluding carboxylic acids is 4. The summed E-state index contributed by atoms with van der Waals surface area (Å²) >= 11 is 6.45. The van der Waals surface area contributed by atoms with E-state index in [4.69, 9.17) is 35.3 Å². The number of fused-ring (bicyclic) bond motifs is 1. The third-order valence-electron chi connectivity index (χ3n) is 11.4. The van der Waals surface area contributed by atoms with Gasteiger partial charge in [-0.05, 0) is 69.0 Å². The number of nitrogens with zero attached hydrogens (tertiary/aromatic N) is 4. The number of benzene rings is 3. The highest BCUT2D eigenvalue weighted by Gasteiger charge is 2.40. The van der Waals surface area contributed by atoms with Crippen molar-refractivity contribution in [1.29, 1.82) is 0 Å². The molecule has 352 valence electrons. The Kier molecular flexibility index (Phi) is 16.5. The van der Waals surface area contributed by atoms with E-state index in [-0.39, 0.29) is 56.4 Å². The molecule has 2 fully saturated rings. The van der Waals surface area contributed by atoms with E-state index in [0.717, 1.165) is 31.6 Å². The molecule has 0 saturated carbocycles. The van der Waals surface area contributed by atoms with Gasteiger partial charge in [-0.1, -0.05) is 29.8 Å². The Hall–Kier alpha value is -5.78. The number of para-hydroxylation sites is 1. The van der Waals surface area contributed by atoms with Gasteiger partial charge in [-0.2, -0.15) is 4.98 Å². The second-order valence-electron chi connectivity index (χ2n) is 16.3. The normalized spacial score (nSPS) is 16.5. The van der Waals surface area contributed by atoms with Crippen molar-refractivity contribution in [3.8, 4) is 11.5 Å². The maximum absolute atomic E-state index is 13.0. The molecule has 3 aliphatic rings. The quantitative estimate of drug-likeness (QED) is 0.0451. The van der Waals surface area contributed by atoms with Crippen LogP contribution in [0.2, 0.25) is 5.02 Å². The lowest BCUT2D eigenvalue weighted by Crippen LogP contribution is -2.52. The molecule has 2 saturated heterocycles. The van der Waals surface area contributed by atoms with E-state index in [1.807, 2.05) is 42.5 Å². The monoisotopic (exact) mass is 946 g/mol. The van der Waals surface area contributed by atoms with Gasteiger partial charge in [0.2, 0.25) is 23.7 Å². The molecule has 4 aromatic rings. The number of hydrogen-bond donors (Lipinski definition) is 4. The summed E-state index contributed by atoms with van der Waals surface area (Å²) in [5.41, 5.74) is 3.53. The van der Waals surface area contributed by atoms with E-state index in [2.05, 4.69) is 36.1 Å². The molecule has 66 heavy (non-hydrogen) atoms. The molecular weight excluding hydrogens is 891 g/mol. The molecule has 1 atom stereocenters. The number of carbonyl (C=O) groups is 4. The Bertz CT molecular complexity index is 2430. The smallest absolute Gasteiger partial charge is 0.255 e. The number of imide groups is 1.